The van der Waals surface area contributed by atoms with Gasteiger partial charge >= 0.3 is 0 Å². The van der Waals surface area contributed by atoms with Gasteiger partial charge in [-0.05, 0) is 56.7 Å². The molecule has 1 aromatic rings. The molecule has 0 bridgehead atoms. The molecule has 0 N–H and O–H groups in total. The fraction of sp³-hybridized carbons (Fsp3) is 0.632. The molecule has 1 unspecified atom stereocenters. The van der Waals surface area contributed by atoms with Crippen molar-refractivity contribution in [2.45, 2.75) is 32.6 Å². The topological polar surface area (TPSA) is 66.7 Å². The summed E-state index contributed by atoms with van der Waals surface area (Å²) in [6, 6.07) is 4.05. The molecule has 7 heteroatoms. The summed E-state index contributed by atoms with van der Waals surface area (Å²) < 4.78 is 0. The molecule has 2 heterocycles. The summed E-state index contributed by atoms with van der Waals surface area (Å²) in [4.78, 5) is 27.7. The molecular formula is C19H26ClN3O3. The molecule has 0 saturated carbocycles. The molecular weight excluding hydrogens is 354 g/mol. The van der Waals surface area contributed by atoms with Crippen LogP contribution in [-0.2, 0) is 0 Å². The van der Waals surface area contributed by atoms with E-state index in [0.29, 0.717) is 19.0 Å². The Morgan fingerprint density at radius 1 is 1.27 bits per heavy atom. The van der Waals surface area contributed by atoms with E-state index in [1.807, 2.05) is 4.90 Å². The summed E-state index contributed by atoms with van der Waals surface area (Å²) in [7, 11) is 0. The van der Waals surface area contributed by atoms with Crippen molar-refractivity contribution >= 4 is 23.2 Å². The molecule has 2 saturated heterocycles. The van der Waals surface area contributed by atoms with Crippen molar-refractivity contribution in [3.63, 3.8) is 0 Å². The number of nitro groups is 1. The molecule has 2 fully saturated rings. The van der Waals surface area contributed by atoms with Crippen LogP contribution in [0.1, 0.15) is 43.0 Å². The maximum Gasteiger partial charge on any atom is 0.270 e. The number of amides is 1. The first-order chi connectivity index (χ1) is 12.4. The number of halogens is 1. The Hall–Kier alpha value is -1.66. The van der Waals surface area contributed by atoms with Gasteiger partial charge in [0.2, 0.25) is 0 Å². The molecule has 6 nitrogen and oxygen atoms in total. The largest absolute Gasteiger partial charge is 0.338 e. The van der Waals surface area contributed by atoms with Gasteiger partial charge in [0.25, 0.3) is 11.6 Å². The van der Waals surface area contributed by atoms with Gasteiger partial charge in [0.1, 0.15) is 0 Å². The van der Waals surface area contributed by atoms with Gasteiger partial charge in [0, 0.05) is 31.8 Å². The molecule has 0 spiro atoms. The first kappa shape index (κ1) is 19.1. The van der Waals surface area contributed by atoms with Gasteiger partial charge in [-0.25, -0.2) is 0 Å². The lowest BCUT2D eigenvalue weighted by Crippen LogP contribution is -2.45. The van der Waals surface area contributed by atoms with Gasteiger partial charge in [-0.2, -0.15) is 0 Å². The summed E-state index contributed by atoms with van der Waals surface area (Å²) in [6.45, 7) is 7.00. The van der Waals surface area contributed by atoms with Crippen LogP contribution in [0.2, 0.25) is 5.02 Å². The number of benzene rings is 1. The zero-order chi connectivity index (χ0) is 18.7. The summed E-state index contributed by atoms with van der Waals surface area (Å²) >= 11 is 6.14. The number of nitro benzene ring substituents is 1. The second-order valence-corrected chi connectivity index (χ2v) is 8.07. The third-order valence-corrected chi connectivity index (χ3v) is 5.92. The summed E-state index contributed by atoms with van der Waals surface area (Å²) in [5.74, 6) is 1.07. The minimum Gasteiger partial charge on any atom is -0.338 e. The number of non-ortho nitro benzene ring substituents is 1. The Balaban J connectivity index is 1.64. The third-order valence-electron chi connectivity index (χ3n) is 5.59. The quantitative estimate of drug-likeness (QED) is 0.589. The Kier molecular flexibility index (Phi) is 6.14. The minimum atomic E-state index is -0.497. The number of nitrogens with zero attached hydrogens (tertiary/aromatic N) is 3. The molecule has 142 valence electrons. The molecule has 1 amide bonds. The Bertz CT molecular complexity index is 674. The van der Waals surface area contributed by atoms with Gasteiger partial charge < -0.3 is 9.80 Å². The number of hydrogen-bond acceptors (Lipinski definition) is 4. The first-order valence-electron chi connectivity index (χ1n) is 9.39. The summed E-state index contributed by atoms with van der Waals surface area (Å²) in [5.41, 5.74) is 0.127. The van der Waals surface area contributed by atoms with Crippen molar-refractivity contribution in [3.8, 4) is 0 Å². The SMILES string of the molecule is CC1CCN(CC2CCCN(C(=O)c3cc([N+](=O)[O-])ccc3Cl)C2)CC1. The fourth-order valence-corrected chi connectivity index (χ4v) is 4.17. The van der Waals surface area contributed by atoms with E-state index in [1.165, 1.54) is 31.0 Å². The van der Waals surface area contributed by atoms with Crippen LogP contribution in [-0.4, -0.2) is 53.4 Å². The van der Waals surface area contributed by atoms with E-state index in [4.69, 9.17) is 11.6 Å². The standard InChI is InChI=1S/C19H26ClN3O3/c1-14-6-9-21(10-7-14)12-15-3-2-8-22(13-15)19(24)17-11-16(23(25)26)4-5-18(17)20/h4-5,11,14-15H,2-3,6-10,12-13H2,1H3. The van der Waals surface area contributed by atoms with Crippen molar-refractivity contribution in [1.82, 2.24) is 9.80 Å². The van der Waals surface area contributed by atoms with E-state index in [1.54, 1.807) is 0 Å². The van der Waals surface area contributed by atoms with E-state index < -0.39 is 4.92 Å². The highest BCUT2D eigenvalue weighted by Crippen LogP contribution is 2.27. The zero-order valence-electron chi connectivity index (χ0n) is 15.2. The number of carbonyl (C=O) groups is 1. The van der Waals surface area contributed by atoms with Crippen LogP contribution in [0.3, 0.4) is 0 Å². The van der Waals surface area contributed by atoms with Crippen LogP contribution in [0.5, 0.6) is 0 Å². The first-order valence-corrected chi connectivity index (χ1v) is 9.77. The summed E-state index contributed by atoms with van der Waals surface area (Å²) in [6.07, 6.45) is 4.59. The third kappa shape index (κ3) is 4.54. The number of carbonyl (C=O) groups excluding carboxylic acids is 1. The highest BCUT2D eigenvalue weighted by molar-refractivity contribution is 6.33. The van der Waals surface area contributed by atoms with Crippen molar-refractivity contribution in [3.05, 3.63) is 38.9 Å². The van der Waals surface area contributed by atoms with Crippen molar-refractivity contribution in [1.29, 1.82) is 0 Å². The van der Waals surface area contributed by atoms with Gasteiger partial charge in [0.15, 0.2) is 0 Å². The monoisotopic (exact) mass is 379 g/mol. The normalized spacial score (nSPS) is 22.4. The molecule has 3 rings (SSSR count). The van der Waals surface area contributed by atoms with Crippen LogP contribution < -0.4 is 0 Å². The maximum atomic E-state index is 12.9. The fourth-order valence-electron chi connectivity index (χ4n) is 3.97. The van der Waals surface area contributed by atoms with Gasteiger partial charge in [-0.3, -0.25) is 14.9 Å². The number of hydrogen-bond donors (Lipinski definition) is 0. The second kappa shape index (κ2) is 8.35. The van der Waals surface area contributed by atoms with E-state index in [0.717, 1.165) is 38.4 Å². The number of rotatable bonds is 4. The Labute approximate surface area is 159 Å². The molecule has 0 aliphatic carbocycles. The molecule has 1 atom stereocenters. The van der Waals surface area contributed by atoms with Crippen molar-refractivity contribution < 1.29 is 9.72 Å². The minimum absolute atomic E-state index is 0.103. The number of piperidine rings is 2. The maximum absolute atomic E-state index is 12.9. The van der Waals surface area contributed by atoms with E-state index in [2.05, 4.69) is 11.8 Å². The second-order valence-electron chi connectivity index (χ2n) is 7.66. The van der Waals surface area contributed by atoms with Crippen molar-refractivity contribution in [2.24, 2.45) is 11.8 Å². The lowest BCUT2D eigenvalue weighted by atomic mass is 9.94. The molecule has 0 aromatic heterocycles. The molecule has 2 aliphatic heterocycles. The van der Waals surface area contributed by atoms with Gasteiger partial charge in [-0.15, -0.1) is 0 Å². The average Bonchev–Trinajstić information content (AvgIpc) is 2.63. The van der Waals surface area contributed by atoms with Crippen LogP contribution in [0, 0.1) is 22.0 Å². The zero-order valence-corrected chi connectivity index (χ0v) is 16.0. The smallest absolute Gasteiger partial charge is 0.270 e. The van der Waals surface area contributed by atoms with Gasteiger partial charge in [-0.1, -0.05) is 18.5 Å². The number of likely N-dealkylation sites (tertiary alicyclic amines) is 2. The van der Waals surface area contributed by atoms with Crippen molar-refractivity contribution in [2.75, 3.05) is 32.7 Å². The van der Waals surface area contributed by atoms with Crippen LogP contribution in [0.4, 0.5) is 5.69 Å². The van der Waals surface area contributed by atoms with Gasteiger partial charge in [0.05, 0.1) is 15.5 Å². The van der Waals surface area contributed by atoms with Crippen LogP contribution >= 0.6 is 11.6 Å². The van der Waals surface area contributed by atoms with E-state index in [-0.39, 0.29) is 22.2 Å². The Morgan fingerprint density at radius 2 is 2.00 bits per heavy atom. The molecule has 26 heavy (non-hydrogen) atoms. The average molecular weight is 380 g/mol. The highest BCUT2D eigenvalue weighted by atomic mass is 35.5. The van der Waals surface area contributed by atoms with Crippen LogP contribution in [0.15, 0.2) is 18.2 Å². The predicted octanol–water partition coefficient (Wildman–Crippen LogP) is 3.83. The molecule has 0 radical (unpaired) electrons. The lowest BCUT2D eigenvalue weighted by Gasteiger charge is -2.38. The molecule has 2 aliphatic rings. The molecule has 1 aromatic carbocycles. The summed E-state index contributed by atoms with van der Waals surface area (Å²) in [5, 5.41) is 11.3. The van der Waals surface area contributed by atoms with E-state index >= 15 is 0 Å². The van der Waals surface area contributed by atoms with E-state index in [9.17, 15) is 14.9 Å². The van der Waals surface area contributed by atoms with Crippen LogP contribution in [0.25, 0.3) is 0 Å². The highest BCUT2D eigenvalue weighted by Gasteiger charge is 2.28. The lowest BCUT2D eigenvalue weighted by molar-refractivity contribution is -0.384. The Morgan fingerprint density at radius 3 is 2.69 bits per heavy atom. The predicted molar refractivity (Wildman–Crippen MR) is 102 cm³/mol.